The van der Waals surface area contributed by atoms with E-state index in [9.17, 15) is 4.79 Å². The van der Waals surface area contributed by atoms with Crippen molar-refractivity contribution in [3.05, 3.63) is 71.1 Å². The van der Waals surface area contributed by atoms with Gasteiger partial charge < -0.3 is 4.42 Å². The second-order valence-corrected chi connectivity index (χ2v) is 6.91. The van der Waals surface area contributed by atoms with E-state index < -0.39 is 0 Å². The molecular weight excluding hydrogens is 334 g/mol. The number of thioether (sulfide) groups is 1. The van der Waals surface area contributed by atoms with Gasteiger partial charge in [0, 0.05) is 10.5 Å². The summed E-state index contributed by atoms with van der Waals surface area (Å²) >= 11 is 1.80. The van der Waals surface area contributed by atoms with Gasteiger partial charge in [0.1, 0.15) is 0 Å². The van der Waals surface area contributed by atoms with Gasteiger partial charge in [-0.1, -0.05) is 41.9 Å². The molecule has 0 aliphatic carbocycles. The van der Waals surface area contributed by atoms with Gasteiger partial charge in [0.05, 0.1) is 6.42 Å². The summed E-state index contributed by atoms with van der Waals surface area (Å²) in [7, 11) is 0. The number of rotatable bonds is 6. The summed E-state index contributed by atoms with van der Waals surface area (Å²) in [5, 5.41) is 10.5. The van der Waals surface area contributed by atoms with E-state index in [1.54, 1.807) is 23.9 Å². The summed E-state index contributed by atoms with van der Waals surface area (Å²) in [4.78, 5) is 13.4. The smallest absolute Gasteiger partial charge is 0.322 e. The highest BCUT2D eigenvalue weighted by Crippen LogP contribution is 2.19. The van der Waals surface area contributed by atoms with Crippen molar-refractivity contribution in [2.75, 3.05) is 11.1 Å². The van der Waals surface area contributed by atoms with E-state index in [-0.39, 0.29) is 11.9 Å². The van der Waals surface area contributed by atoms with Crippen LogP contribution in [0.2, 0.25) is 0 Å². The molecule has 0 spiro atoms. The maximum atomic E-state index is 12.2. The molecule has 0 saturated carbocycles. The quantitative estimate of drug-likeness (QED) is 0.668. The molecule has 128 valence electrons. The number of nitrogens with one attached hydrogen (secondary N) is 1. The number of carbonyl (C=O) groups is 1. The van der Waals surface area contributed by atoms with Gasteiger partial charge in [-0.25, -0.2) is 0 Å². The van der Waals surface area contributed by atoms with Gasteiger partial charge in [0.15, 0.2) is 0 Å². The van der Waals surface area contributed by atoms with Gasteiger partial charge in [0.2, 0.25) is 5.89 Å². The van der Waals surface area contributed by atoms with Crippen LogP contribution in [-0.4, -0.2) is 21.9 Å². The highest BCUT2D eigenvalue weighted by molar-refractivity contribution is 7.99. The predicted molar refractivity (Wildman–Crippen MR) is 99.1 cm³/mol. The molecule has 1 aromatic heterocycles. The molecule has 1 heterocycles. The second kappa shape index (κ2) is 7.98. The molecule has 0 aliphatic rings. The summed E-state index contributed by atoms with van der Waals surface area (Å²) in [5.74, 6) is 1.25. The molecule has 2 aromatic carbocycles. The van der Waals surface area contributed by atoms with Gasteiger partial charge >= 0.3 is 6.01 Å². The third kappa shape index (κ3) is 4.70. The lowest BCUT2D eigenvalue weighted by Crippen LogP contribution is -2.11. The maximum absolute atomic E-state index is 12.2. The Bertz CT molecular complexity index is 842. The van der Waals surface area contributed by atoms with E-state index in [1.807, 2.05) is 31.2 Å². The van der Waals surface area contributed by atoms with Gasteiger partial charge in [-0.05, 0) is 42.5 Å². The fourth-order valence-corrected chi connectivity index (χ4v) is 2.96. The van der Waals surface area contributed by atoms with Crippen LogP contribution in [-0.2, 0) is 6.42 Å². The number of anilines is 1. The molecule has 0 fully saturated rings. The van der Waals surface area contributed by atoms with E-state index in [0.717, 1.165) is 16.9 Å². The van der Waals surface area contributed by atoms with Crippen LogP contribution in [0.25, 0.3) is 0 Å². The van der Waals surface area contributed by atoms with Crippen LogP contribution in [0.15, 0.2) is 57.8 Å². The van der Waals surface area contributed by atoms with Crippen LogP contribution in [0.3, 0.4) is 0 Å². The molecule has 0 aliphatic heterocycles. The molecule has 0 atom stereocenters. The molecule has 1 N–H and O–H groups in total. The topological polar surface area (TPSA) is 68.0 Å². The Labute approximate surface area is 150 Å². The summed E-state index contributed by atoms with van der Waals surface area (Å²) < 4.78 is 5.52. The van der Waals surface area contributed by atoms with Crippen molar-refractivity contribution in [1.82, 2.24) is 10.2 Å². The Morgan fingerprint density at radius 1 is 1.08 bits per heavy atom. The van der Waals surface area contributed by atoms with E-state index in [2.05, 4.69) is 34.6 Å². The van der Waals surface area contributed by atoms with Crippen molar-refractivity contribution in [3.63, 3.8) is 0 Å². The zero-order chi connectivity index (χ0) is 17.6. The first kappa shape index (κ1) is 17.2. The Kier molecular flexibility index (Phi) is 5.50. The van der Waals surface area contributed by atoms with E-state index in [4.69, 9.17) is 4.42 Å². The van der Waals surface area contributed by atoms with Crippen molar-refractivity contribution >= 4 is 23.7 Å². The lowest BCUT2D eigenvalue weighted by molar-refractivity contribution is 0.102. The van der Waals surface area contributed by atoms with Crippen LogP contribution in [0.1, 0.15) is 34.3 Å². The summed E-state index contributed by atoms with van der Waals surface area (Å²) in [6.07, 6.45) is 0.532. The highest BCUT2D eigenvalue weighted by Gasteiger charge is 2.12. The molecule has 1 amide bonds. The van der Waals surface area contributed by atoms with E-state index in [0.29, 0.717) is 17.9 Å². The number of aryl methyl sites for hydroxylation is 1. The Morgan fingerprint density at radius 2 is 1.80 bits per heavy atom. The first-order valence-electron chi connectivity index (χ1n) is 8.06. The number of aromatic nitrogens is 2. The van der Waals surface area contributed by atoms with E-state index in [1.165, 1.54) is 4.90 Å². The molecule has 5 nitrogen and oxygen atoms in total. The maximum Gasteiger partial charge on any atom is 0.322 e. The van der Waals surface area contributed by atoms with Crippen molar-refractivity contribution in [1.29, 1.82) is 0 Å². The van der Waals surface area contributed by atoms with Gasteiger partial charge in [0.25, 0.3) is 5.91 Å². The van der Waals surface area contributed by atoms with Gasteiger partial charge in [-0.15, -0.1) is 16.9 Å². The lowest BCUT2D eigenvalue weighted by Gasteiger charge is -2.01. The number of benzene rings is 2. The highest BCUT2D eigenvalue weighted by atomic mass is 32.2. The molecular formula is C19H19N3O2S. The Hall–Kier alpha value is -2.60. The molecule has 3 aromatic rings. The summed E-state index contributed by atoms with van der Waals surface area (Å²) in [6, 6.07) is 15.7. The zero-order valence-corrected chi connectivity index (χ0v) is 15.0. The molecule has 25 heavy (non-hydrogen) atoms. The fourth-order valence-electron chi connectivity index (χ4n) is 2.29. The van der Waals surface area contributed by atoms with Crippen LogP contribution < -0.4 is 5.32 Å². The largest absolute Gasteiger partial charge is 0.407 e. The number of hydrogen-bond acceptors (Lipinski definition) is 5. The zero-order valence-electron chi connectivity index (χ0n) is 14.2. The minimum atomic E-state index is -0.267. The van der Waals surface area contributed by atoms with Crippen molar-refractivity contribution in [3.8, 4) is 0 Å². The Balaban J connectivity index is 1.62. The third-order valence-corrected chi connectivity index (χ3v) is 4.48. The standard InChI is InChI=1S/C19H19N3O2S/c1-3-25-16-10-6-14(7-11-16)12-17-21-22-19(24-17)20-18(23)15-8-4-13(2)5-9-15/h4-11H,3,12H2,1-2H3,(H,20,22,23). The second-order valence-electron chi connectivity index (χ2n) is 5.57. The fraction of sp³-hybridized carbons (Fsp3) is 0.211. The average molecular weight is 353 g/mol. The molecule has 0 saturated heterocycles. The number of amides is 1. The van der Waals surface area contributed by atoms with Crippen molar-refractivity contribution < 1.29 is 9.21 Å². The molecule has 6 heteroatoms. The SMILES string of the molecule is CCSc1ccc(Cc2nnc(NC(=O)c3ccc(C)cc3)o2)cc1. The minimum Gasteiger partial charge on any atom is -0.407 e. The first-order chi connectivity index (χ1) is 12.1. The first-order valence-corrected chi connectivity index (χ1v) is 9.04. The molecule has 0 radical (unpaired) electrons. The van der Waals surface area contributed by atoms with E-state index >= 15 is 0 Å². The summed E-state index contributed by atoms with van der Waals surface area (Å²) in [5.41, 5.74) is 2.73. The van der Waals surface area contributed by atoms with Crippen LogP contribution >= 0.6 is 11.8 Å². The number of nitrogens with zero attached hydrogens (tertiary/aromatic N) is 2. The number of hydrogen-bond donors (Lipinski definition) is 1. The van der Waals surface area contributed by atoms with Crippen LogP contribution in [0, 0.1) is 6.92 Å². The lowest BCUT2D eigenvalue weighted by atomic mass is 10.1. The average Bonchev–Trinajstić information content (AvgIpc) is 3.04. The molecule has 0 bridgehead atoms. The third-order valence-electron chi connectivity index (χ3n) is 3.59. The molecule has 3 rings (SSSR count). The van der Waals surface area contributed by atoms with Crippen LogP contribution in [0.5, 0.6) is 0 Å². The van der Waals surface area contributed by atoms with Crippen LogP contribution in [0.4, 0.5) is 6.01 Å². The van der Waals surface area contributed by atoms with Crippen molar-refractivity contribution in [2.24, 2.45) is 0 Å². The molecule has 0 unspecified atom stereocenters. The van der Waals surface area contributed by atoms with Gasteiger partial charge in [-0.2, -0.15) is 0 Å². The summed E-state index contributed by atoms with van der Waals surface area (Å²) in [6.45, 7) is 4.10. The normalized spacial score (nSPS) is 10.6. The van der Waals surface area contributed by atoms with Crippen molar-refractivity contribution in [2.45, 2.75) is 25.2 Å². The minimum absolute atomic E-state index is 0.110. The monoisotopic (exact) mass is 353 g/mol. The number of carbonyl (C=O) groups excluding carboxylic acids is 1. The predicted octanol–water partition coefficient (Wildman–Crippen LogP) is 4.33. The Morgan fingerprint density at radius 3 is 2.48 bits per heavy atom. The van der Waals surface area contributed by atoms with Gasteiger partial charge in [-0.3, -0.25) is 10.1 Å².